The molecule has 2 fully saturated rings. The van der Waals surface area contributed by atoms with Crippen LogP contribution in [-0.2, 0) is 0 Å². The van der Waals surface area contributed by atoms with E-state index in [4.69, 9.17) is 9.47 Å². The Morgan fingerprint density at radius 3 is 2.56 bits per heavy atom. The van der Waals surface area contributed by atoms with Gasteiger partial charge in [-0.15, -0.1) is 5.10 Å². The van der Waals surface area contributed by atoms with E-state index in [0.717, 1.165) is 60.9 Å². The lowest BCUT2D eigenvalue weighted by molar-refractivity contribution is -0.0515. The molecule has 5 rings (SSSR count). The van der Waals surface area contributed by atoms with E-state index in [2.05, 4.69) is 39.0 Å². The second kappa shape index (κ2) is 10.8. The van der Waals surface area contributed by atoms with Crippen LogP contribution in [0.25, 0.3) is 0 Å². The van der Waals surface area contributed by atoms with Gasteiger partial charge in [0.15, 0.2) is 17.3 Å². The first kappa shape index (κ1) is 24.5. The van der Waals surface area contributed by atoms with E-state index >= 15 is 0 Å². The fourth-order valence-electron chi connectivity index (χ4n) is 4.82. The molecule has 1 unspecified atom stereocenters. The average Bonchev–Trinajstić information content (AvgIpc) is 3.58. The summed E-state index contributed by atoms with van der Waals surface area (Å²) in [6, 6.07) is 11.2. The van der Waals surface area contributed by atoms with Crippen molar-refractivity contribution in [2.75, 3.05) is 11.9 Å². The van der Waals surface area contributed by atoms with Crippen molar-refractivity contribution < 1.29 is 18.3 Å². The van der Waals surface area contributed by atoms with Crippen LogP contribution in [0.5, 0.6) is 11.5 Å². The molecular weight excluding hydrogens is 464 g/mol. The van der Waals surface area contributed by atoms with Gasteiger partial charge in [-0.2, -0.15) is 8.78 Å². The first-order chi connectivity index (χ1) is 17.5. The molecule has 36 heavy (non-hydrogen) atoms. The van der Waals surface area contributed by atoms with Crippen molar-refractivity contribution in [2.24, 2.45) is 5.92 Å². The molecule has 0 spiro atoms. The Kier molecular flexibility index (Phi) is 7.34. The summed E-state index contributed by atoms with van der Waals surface area (Å²) >= 11 is 0. The van der Waals surface area contributed by atoms with Gasteiger partial charge >= 0.3 is 6.61 Å². The highest BCUT2D eigenvalue weighted by Crippen LogP contribution is 2.38. The second-order valence-corrected chi connectivity index (χ2v) is 10.0. The molecule has 0 aliphatic heterocycles. The number of alkyl halides is 2. The molecule has 2 saturated carbocycles. The molecule has 1 aromatic heterocycles. The van der Waals surface area contributed by atoms with Gasteiger partial charge in [0.1, 0.15) is 6.04 Å². The zero-order valence-electron chi connectivity index (χ0n) is 20.8. The number of tetrazole rings is 1. The van der Waals surface area contributed by atoms with Crippen LogP contribution in [0.1, 0.15) is 79.5 Å². The Labute approximate surface area is 210 Å². The van der Waals surface area contributed by atoms with Crippen molar-refractivity contribution in [1.29, 1.82) is 0 Å². The van der Waals surface area contributed by atoms with E-state index < -0.39 is 12.7 Å². The summed E-state index contributed by atoms with van der Waals surface area (Å²) in [5, 5.41) is 16.5. The van der Waals surface area contributed by atoms with Gasteiger partial charge in [0.25, 0.3) is 0 Å². The Bertz CT molecular complexity index is 1170. The fraction of sp³-hybridized carbons (Fsp3) is 0.519. The maximum Gasteiger partial charge on any atom is 0.387 e. The highest BCUT2D eigenvalue weighted by Gasteiger charge is 2.29. The lowest BCUT2D eigenvalue weighted by Crippen LogP contribution is -2.23. The molecule has 192 valence electrons. The molecule has 1 heterocycles. The SMILES string of the molecule is Cc1ccc(C)c(NC(c2ccc(OC(F)F)c(OCC3CC3)c2)c2nnnn2C2CCCCC2)c1. The molecule has 9 heteroatoms. The van der Waals surface area contributed by atoms with Crippen LogP contribution >= 0.6 is 0 Å². The third-order valence-electron chi connectivity index (χ3n) is 7.08. The smallest absolute Gasteiger partial charge is 0.387 e. The Hall–Kier alpha value is -3.23. The number of rotatable bonds is 10. The van der Waals surface area contributed by atoms with Gasteiger partial charge in [0, 0.05) is 5.69 Å². The molecule has 1 atom stereocenters. The number of anilines is 1. The zero-order valence-corrected chi connectivity index (χ0v) is 20.8. The predicted molar refractivity (Wildman–Crippen MR) is 133 cm³/mol. The van der Waals surface area contributed by atoms with Crippen LogP contribution in [0.15, 0.2) is 36.4 Å². The summed E-state index contributed by atoms with van der Waals surface area (Å²) in [5.41, 5.74) is 4.00. The number of hydrogen-bond acceptors (Lipinski definition) is 6. The number of hydrogen-bond donors (Lipinski definition) is 1. The molecular formula is C27H33F2N5O2. The molecule has 2 aliphatic carbocycles. The number of halogens is 2. The summed E-state index contributed by atoms with van der Waals surface area (Å²) in [6.07, 6.45) is 7.78. The van der Waals surface area contributed by atoms with Gasteiger partial charge in [0.2, 0.25) is 0 Å². The largest absolute Gasteiger partial charge is 0.489 e. The standard InChI is InChI=1S/C27H33F2N5O2/c1-17-8-9-18(2)22(14-17)30-25(26-31-32-33-34(26)21-6-4-3-5-7-21)20-12-13-23(36-27(28)29)24(15-20)35-16-19-10-11-19/h8-9,12-15,19,21,25,27,30H,3-7,10-11,16H2,1-2H3. The van der Waals surface area contributed by atoms with Crippen LogP contribution in [0.4, 0.5) is 14.5 Å². The van der Waals surface area contributed by atoms with Gasteiger partial charge in [-0.05, 0) is 90.8 Å². The predicted octanol–water partition coefficient (Wildman–Crippen LogP) is 6.39. The quantitative estimate of drug-likeness (QED) is 0.350. The topological polar surface area (TPSA) is 74.1 Å². The van der Waals surface area contributed by atoms with Crippen LogP contribution in [0.3, 0.4) is 0 Å². The van der Waals surface area contributed by atoms with Crippen molar-refractivity contribution in [2.45, 2.75) is 77.5 Å². The number of nitrogens with one attached hydrogen (secondary N) is 1. The number of aryl methyl sites for hydroxylation is 2. The van der Waals surface area contributed by atoms with E-state index in [-0.39, 0.29) is 11.8 Å². The normalized spacial score (nSPS) is 17.2. The summed E-state index contributed by atoms with van der Waals surface area (Å²) in [4.78, 5) is 0. The van der Waals surface area contributed by atoms with Crippen LogP contribution in [-0.4, -0.2) is 33.4 Å². The molecule has 0 radical (unpaired) electrons. The van der Waals surface area contributed by atoms with E-state index in [1.54, 1.807) is 18.2 Å². The third kappa shape index (κ3) is 5.77. The molecule has 3 aromatic rings. The number of nitrogens with zero attached hydrogens (tertiary/aromatic N) is 4. The molecule has 0 bridgehead atoms. The Morgan fingerprint density at radius 2 is 1.81 bits per heavy atom. The minimum atomic E-state index is -2.93. The monoisotopic (exact) mass is 497 g/mol. The lowest BCUT2D eigenvalue weighted by atomic mass is 9.95. The van der Waals surface area contributed by atoms with Crippen molar-refractivity contribution in [1.82, 2.24) is 20.2 Å². The minimum absolute atomic E-state index is 0.0340. The maximum absolute atomic E-state index is 13.1. The average molecular weight is 498 g/mol. The van der Waals surface area contributed by atoms with E-state index in [1.807, 2.05) is 18.5 Å². The van der Waals surface area contributed by atoms with Crippen molar-refractivity contribution in [3.8, 4) is 11.5 Å². The first-order valence-electron chi connectivity index (χ1n) is 12.8. The molecule has 2 aliphatic rings. The number of aromatic nitrogens is 4. The van der Waals surface area contributed by atoms with Gasteiger partial charge in [-0.1, -0.05) is 37.5 Å². The van der Waals surface area contributed by atoms with Crippen LogP contribution in [0, 0.1) is 19.8 Å². The first-order valence-corrected chi connectivity index (χ1v) is 12.8. The van der Waals surface area contributed by atoms with Gasteiger partial charge in [-0.25, -0.2) is 4.68 Å². The third-order valence-corrected chi connectivity index (χ3v) is 7.08. The molecule has 7 nitrogen and oxygen atoms in total. The van der Waals surface area contributed by atoms with E-state index in [9.17, 15) is 8.78 Å². The second-order valence-electron chi connectivity index (χ2n) is 10.0. The summed E-state index contributed by atoms with van der Waals surface area (Å²) < 4.78 is 38.9. The van der Waals surface area contributed by atoms with Gasteiger partial charge < -0.3 is 14.8 Å². The van der Waals surface area contributed by atoms with Crippen LogP contribution < -0.4 is 14.8 Å². The minimum Gasteiger partial charge on any atom is -0.489 e. The summed E-state index contributed by atoms with van der Waals surface area (Å²) in [6.45, 7) is 1.65. The van der Waals surface area contributed by atoms with E-state index in [0.29, 0.717) is 24.1 Å². The highest BCUT2D eigenvalue weighted by atomic mass is 19.3. The van der Waals surface area contributed by atoms with Crippen molar-refractivity contribution in [3.05, 3.63) is 58.9 Å². The summed E-state index contributed by atoms with van der Waals surface area (Å²) in [7, 11) is 0. The van der Waals surface area contributed by atoms with Crippen molar-refractivity contribution >= 4 is 5.69 Å². The highest BCUT2D eigenvalue weighted by molar-refractivity contribution is 5.56. The Balaban J connectivity index is 1.54. The van der Waals surface area contributed by atoms with Crippen molar-refractivity contribution in [3.63, 3.8) is 0 Å². The lowest BCUT2D eigenvalue weighted by Gasteiger charge is -2.27. The number of benzene rings is 2. The Morgan fingerprint density at radius 1 is 1.00 bits per heavy atom. The molecule has 2 aromatic carbocycles. The zero-order chi connectivity index (χ0) is 25.1. The number of ether oxygens (including phenoxy) is 2. The molecule has 1 N–H and O–H groups in total. The van der Waals surface area contributed by atoms with Crippen LogP contribution in [0.2, 0.25) is 0 Å². The molecule has 0 amide bonds. The van der Waals surface area contributed by atoms with E-state index in [1.165, 1.54) is 6.42 Å². The van der Waals surface area contributed by atoms with Gasteiger partial charge in [0.05, 0.1) is 12.6 Å². The fourth-order valence-corrected chi connectivity index (χ4v) is 4.82. The van der Waals surface area contributed by atoms with Gasteiger partial charge in [-0.3, -0.25) is 0 Å². The maximum atomic E-state index is 13.1. The molecule has 0 saturated heterocycles. The summed E-state index contributed by atoms with van der Waals surface area (Å²) in [5.74, 6) is 1.50.